The van der Waals surface area contributed by atoms with Crippen molar-refractivity contribution in [3.8, 4) is 0 Å². The second-order valence-corrected chi connectivity index (χ2v) is 5.04. The molecule has 0 bridgehead atoms. The Morgan fingerprint density at radius 1 is 1.00 bits per heavy atom. The number of nitro benzene ring substituents is 1. The van der Waals surface area contributed by atoms with Gasteiger partial charge in [-0.15, -0.1) is 0 Å². The zero-order valence-electron chi connectivity index (χ0n) is 10.5. The molecule has 0 aromatic heterocycles. The van der Waals surface area contributed by atoms with Gasteiger partial charge in [0.05, 0.1) is 4.92 Å². The van der Waals surface area contributed by atoms with Crippen LogP contribution in [0.4, 0.5) is 5.69 Å². The molecule has 104 valence electrons. The van der Waals surface area contributed by atoms with Crippen LogP contribution < -0.4 is 5.32 Å². The molecule has 0 unspecified atom stereocenters. The molecule has 0 amide bonds. The van der Waals surface area contributed by atoms with E-state index in [2.05, 4.69) is 5.32 Å². The Morgan fingerprint density at radius 3 is 2.15 bits per heavy atom. The summed E-state index contributed by atoms with van der Waals surface area (Å²) in [6.45, 7) is 1.12. The number of rotatable bonds is 5. The SMILES string of the molecule is O=[N+]([O-])c1ccc(CNCc2c(Cl)cccc2Cl)cc1. The second-order valence-electron chi connectivity index (χ2n) is 4.23. The van der Waals surface area contributed by atoms with Crippen LogP contribution in [-0.2, 0) is 13.1 Å². The molecular formula is C14H12Cl2N2O2. The van der Waals surface area contributed by atoms with Gasteiger partial charge in [0, 0.05) is 40.8 Å². The van der Waals surface area contributed by atoms with Crippen molar-refractivity contribution in [1.29, 1.82) is 0 Å². The van der Waals surface area contributed by atoms with Crippen LogP contribution in [0.2, 0.25) is 10.0 Å². The molecule has 0 aliphatic carbocycles. The van der Waals surface area contributed by atoms with Gasteiger partial charge in [0.15, 0.2) is 0 Å². The molecule has 6 heteroatoms. The molecule has 0 spiro atoms. The Kier molecular flexibility index (Phi) is 4.95. The van der Waals surface area contributed by atoms with Crippen molar-refractivity contribution in [2.75, 3.05) is 0 Å². The minimum absolute atomic E-state index is 0.0860. The van der Waals surface area contributed by atoms with E-state index in [1.807, 2.05) is 0 Å². The highest BCUT2D eigenvalue weighted by Crippen LogP contribution is 2.24. The van der Waals surface area contributed by atoms with E-state index < -0.39 is 4.92 Å². The Balaban J connectivity index is 1.94. The molecule has 0 aliphatic rings. The lowest BCUT2D eigenvalue weighted by atomic mass is 10.2. The molecule has 0 aliphatic heterocycles. The third kappa shape index (κ3) is 3.70. The normalized spacial score (nSPS) is 10.5. The summed E-state index contributed by atoms with van der Waals surface area (Å²) in [5.41, 5.74) is 1.89. The zero-order valence-corrected chi connectivity index (χ0v) is 12.0. The van der Waals surface area contributed by atoms with Gasteiger partial charge in [-0.2, -0.15) is 0 Å². The smallest absolute Gasteiger partial charge is 0.269 e. The molecule has 0 atom stereocenters. The van der Waals surface area contributed by atoms with Crippen molar-refractivity contribution in [2.45, 2.75) is 13.1 Å². The van der Waals surface area contributed by atoms with Crippen LogP contribution >= 0.6 is 23.2 Å². The minimum atomic E-state index is -0.416. The van der Waals surface area contributed by atoms with Gasteiger partial charge in [-0.05, 0) is 17.7 Å². The Hall–Kier alpha value is -1.62. The maximum absolute atomic E-state index is 10.5. The lowest BCUT2D eigenvalue weighted by molar-refractivity contribution is -0.384. The molecule has 0 saturated heterocycles. The average Bonchev–Trinajstić information content (AvgIpc) is 2.42. The largest absolute Gasteiger partial charge is 0.309 e. The van der Waals surface area contributed by atoms with Crippen LogP contribution in [-0.4, -0.2) is 4.92 Å². The number of non-ortho nitro benzene ring substituents is 1. The number of nitrogens with zero attached hydrogens (tertiary/aromatic N) is 1. The third-order valence-corrected chi connectivity index (χ3v) is 3.55. The summed E-state index contributed by atoms with van der Waals surface area (Å²) < 4.78 is 0. The van der Waals surface area contributed by atoms with E-state index in [-0.39, 0.29) is 5.69 Å². The van der Waals surface area contributed by atoms with Crippen LogP contribution in [0, 0.1) is 10.1 Å². The van der Waals surface area contributed by atoms with E-state index in [1.165, 1.54) is 12.1 Å². The molecule has 2 rings (SSSR count). The first-order valence-corrected chi connectivity index (χ1v) is 6.70. The van der Waals surface area contributed by atoms with Gasteiger partial charge in [0.25, 0.3) is 5.69 Å². The fourth-order valence-corrected chi connectivity index (χ4v) is 2.30. The average molecular weight is 311 g/mol. The molecular weight excluding hydrogens is 299 g/mol. The molecule has 4 nitrogen and oxygen atoms in total. The van der Waals surface area contributed by atoms with Gasteiger partial charge in [-0.1, -0.05) is 41.4 Å². The molecule has 2 aromatic rings. The predicted octanol–water partition coefficient (Wildman–Crippen LogP) is 4.19. The fraction of sp³-hybridized carbons (Fsp3) is 0.143. The van der Waals surface area contributed by atoms with Crippen molar-refractivity contribution >= 4 is 28.9 Å². The first kappa shape index (κ1) is 14.8. The first-order valence-electron chi connectivity index (χ1n) is 5.95. The van der Waals surface area contributed by atoms with Gasteiger partial charge in [-0.25, -0.2) is 0 Å². The molecule has 0 saturated carbocycles. The summed E-state index contributed by atoms with van der Waals surface area (Å²) in [5.74, 6) is 0. The highest BCUT2D eigenvalue weighted by molar-refractivity contribution is 6.35. The van der Waals surface area contributed by atoms with Gasteiger partial charge in [0.2, 0.25) is 0 Å². The van der Waals surface area contributed by atoms with Crippen molar-refractivity contribution in [3.05, 3.63) is 73.8 Å². The van der Waals surface area contributed by atoms with E-state index in [0.717, 1.165) is 11.1 Å². The Labute approximate surface area is 126 Å². The lowest BCUT2D eigenvalue weighted by Gasteiger charge is -2.08. The van der Waals surface area contributed by atoms with Crippen LogP contribution in [0.1, 0.15) is 11.1 Å². The van der Waals surface area contributed by atoms with Crippen molar-refractivity contribution in [1.82, 2.24) is 5.32 Å². The van der Waals surface area contributed by atoms with Crippen LogP contribution in [0.5, 0.6) is 0 Å². The lowest BCUT2D eigenvalue weighted by Crippen LogP contribution is -2.13. The molecule has 2 aromatic carbocycles. The fourth-order valence-electron chi connectivity index (χ4n) is 1.77. The maximum Gasteiger partial charge on any atom is 0.269 e. The second kappa shape index (κ2) is 6.70. The predicted molar refractivity (Wildman–Crippen MR) is 80.1 cm³/mol. The summed E-state index contributed by atoms with van der Waals surface area (Å²) in [4.78, 5) is 10.1. The quantitative estimate of drug-likeness (QED) is 0.665. The third-order valence-electron chi connectivity index (χ3n) is 2.84. The summed E-state index contributed by atoms with van der Waals surface area (Å²) in [7, 11) is 0. The number of hydrogen-bond donors (Lipinski definition) is 1. The van der Waals surface area contributed by atoms with Gasteiger partial charge in [-0.3, -0.25) is 10.1 Å². The van der Waals surface area contributed by atoms with E-state index in [0.29, 0.717) is 23.1 Å². The zero-order chi connectivity index (χ0) is 14.5. The van der Waals surface area contributed by atoms with Gasteiger partial charge < -0.3 is 5.32 Å². The van der Waals surface area contributed by atoms with E-state index in [1.54, 1.807) is 30.3 Å². The Morgan fingerprint density at radius 2 is 1.60 bits per heavy atom. The highest BCUT2D eigenvalue weighted by Gasteiger charge is 2.06. The summed E-state index contributed by atoms with van der Waals surface area (Å²) in [5, 5.41) is 15.0. The van der Waals surface area contributed by atoms with Gasteiger partial charge >= 0.3 is 0 Å². The van der Waals surface area contributed by atoms with Crippen LogP contribution in [0.3, 0.4) is 0 Å². The van der Waals surface area contributed by atoms with Crippen molar-refractivity contribution in [2.24, 2.45) is 0 Å². The summed E-state index contributed by atoms with van der Waals surface area (Å²) in [6.07, 6.45) is 0. The molecule has 1 N–H and O–H groups in total. The van der Waals surface area contributed by atoms with Crippen LogP contribution in [0.15, 0.2) is 42.5 Å². The highest BCUT2D eigenvalue weighted by atomic mass is 35.5. The maximum atomic E-state index is 10.5. The Bertz CT molecular complexity index is 595. The van der Waals surface area contributed by atoms with Crippen molar-refractivity contribution < 1.29 is 4.92 Å². The number of halogens is 2. The number of nitrogens with one attached hydrogen (secondary N) is 1. The molecule has 0 heterocycles. The molecule has 20 heavy (non-hydrogen) atoms. The first-order chi connectivity index (χ1) is 9.58. The minimum Gasteiger partial charge on any atom is -0.309 e. The number of hydrogen-bond acceptors (Lipinski definition) is 3. The van der Waals surface area contributed by atoms with Crippen LogP contribution in [0.25, 0.3) is 0 Å². The molecule has 0 fully saturated rings. The number of benzene rings is 2. The summed E-state index contributed by atoms with van der Waals surface area (Å²) in [6, 6.07) is 11.8. The standard InChI is InChI=1S/C14H12Cl2N2O2/c15-13-2-1-3-14(16)12(13)9-17-8-10-4-6-11(7-5-10)18(19)20/h1-7,17H,8-9H2. The van der Waals surface area contributed by atoms with Crippen molar-refractivity contribution in [3.63, 3.8) is 0 Å². The monoisotopic (exact) mass is 310 g/mol. The van der Waals surface area contributed by atoms with Gasteiger partial charge in [0.1, 0.15) is 0 Å². The van der Waals surface area contributed by atoms with E-state index in [4.69, 9.17) is 23.2 Å². The summed E-state index contributed by atoms with van der Waals surface area (Å²) >= 11 is 12.1. The molecule has 0 radical (unpaired) electrons. The number of nitro groups is 1. The van der Waals surface area contributed by atoms with E-state index in [9.17, 15) is 10.1 Å². The topological polar surface area (TPSA) is 55.2 Å². The van der Waals surface area contributed by atoms with E-state index >= 15 is 0 Å².